The number of carbonyl (C=O) groups excluding carboxylic acids is 2. The van der Waals surface area contributed by atoms with Gasteiger partial charge >= 0.3 is 0 Å². The Morgan fingerprint density at radius 2 is 2.22 bits per heavy atom. The molecule has 6 nitrogen and oxygen atoms in total. The molecule has 0 spiro atoms. The highest BCUT2D eigenvalue weighted by molar-refractivity contribution is 7.14. The first-order valence-corrected chi connectivity index (χ1v) is 5.94. The Balaban J connectivity index is 2.16. The lowest BCUT2D eigenvalue weighted by Crippen LogP contribution is -2.15. The summed E-state index contributed by atoms with van der Waals surface area (Å²) >= 11 is 1.17. The highest BCUT2D eigenvalue weighted by Crippen LogP contribution is 2.17. The molecule has 0 saturated heterocycles. The second kappa shape index (κ2) is 4.92. The monoisotopic (exact) mass is 262 g/mol. The van der Waals surface area contributed by atoms with Crippen LogP contribution in [0.25, 0.3) is 0 Å². The average Bonchev–Trinajstić information content (AvgIpc) is 2.78. The van der Waals surface area contributed by atoms with E-state index in [1.807, 2.05) is 0 Å². The first-order valence-electron chi connectivity index (χ1n) is 5.06. The van der Waals surface area contributed by atoms with Crippen LogP contribution in [0, 0.1) is 0 Å². The van der Waals surface area contributed by atoms with E-state index < -0.39 is 5.91 Å². The number of hydrogen-bond donors (Lipinski definition) is 2. The maximum atomic E-state index is 11.8. The molecular weight excluding hydrogens is 252 g/mol. The van der Waals surface area contributed by atoms with Crippen LogP contribution in [0.15, 0.2) is 23.7 Å². The molecule has 92 valence electrons. The van der Waals surface area contributed by atoms with Crippen molar-refractivity contribution in [1.82, 2.24) is 9.97 Å². The third-order valence-corrected chi connectivity index (χ3v) is 2.90. The molecule has 2 aromatic heterocycles. The number of anilines is 2. The quantitative estimate of drug-likeness (QED) is 0.818. The number of ketones is 1. The van der Waals surface area contributed by atoms with Crippen molar-refractivity contribution in [3.63, 3.8) is 0 Å². The normalized spacial score (nSPS) is 10.1. The molecule has 0 aliphatic heterocycles. The summed E-state index contributed by atoms with van der Waals surface area (Å²) in [5, 5.41) is 4.47. The van der Waals surface area contributed by atoms with E-state index in [-0.39, 0.29) is 11.5 Å². The van der Waals surface area contributed by atoms with Crippen molar-refractivity contribution >= 4 is 33.8 Å². The molecule has 0 bridgehead atoms. The van der Waals surface area contributed by atoms with Gasteiger partial charge in [0.1, 0.15) is 5.69 Å². The summed E-state index contributed by atoms with van der Waals surface area (Å²) in [5.41, 5.74) is 6.38. The number of nitrogens with zero attached hydrogens (tertiary/aromatic N) is 2. The van der Waals surface area contributed by atoms with Gasteiger partial charge < -0.3 is 5.73 Å². The Morgan fingerprint density at radius 1 is 1.44 bits per heavy atom. The zero-order valence-corrected chi connectivity index (χ0v) is 10.3. The fourth-order valence-electron chi connectivity index (χ4n) is 1.26. The summed E-state index contributed by atoms with van der Waals surface area (Å²) < 4.78 is 0. The maximum absolute atomic E-state index is 11.8. The number of rotatable bonds is 3. The van der Waals surface area contributed by atoms with Crippen LogP contribution in [0.5, 0.6) is 0 Å². The molecule has 18 heavy (non-hydrogen) atoms. The molecule has 7 heteroatoms. The molecule has 0 unspecified atom stereocenters. The van der Waals surface area contributed by atoms with E-state index in [2.05, 4.69) is 15.3 Å². The molecule has 1 amide bonds. The van der Waals surface area contributed by atoms with E-state index >= 15 is 0 Å². The number of thiazole rings is 1. The van der Waals surface area contributed by atoms with Crippen LogP contribution in [0.3, 0.4) is 0 Å². The molecule has 0 fully saturated rings. The number of nitrogens with one attached hydrogen (secondary N) is 1. The highest BCUT2D eigenvalue weighted by Gasteiger charge is 2.13. The van der Waals surface area contributed by atoms with Gasteiger partial charge in [-0.1, -0.05) is 0 Å². The van der Waals surface area contributed by atoms with Crippen LogP contribution in [0.1, 0.15) is 27.9 Å². The van der Waals surface area contributed by atoms with Gasteiger partial charge in [0.2, 0.25) is 0 Å². The smallest absolute Gasteiger partial charge is 0.278 e. The van der Waals surface area contributed by atoms with Crippen LogP contribution in [-0.4, -0.2) is 21.7 Å². The predicted molar refractivity (Wildman–Crippen MR) is 68.7 cm³/mol. The molecule has 0 aliphatic rings. The number of carbonyl (C=O) groups is 2. The van der Waals surface area contributed by atoms with Gasteiger partial charge in [-0.15, -0.1) is 11.3 Å². The second-order valence-corrected chi connectivity index (χ2v) is 4.35. The number of Topliss-reactive ketones (excluding diaryl/α,β-unsaturated/α-hetero) is 1. The summed E-state index contributed by atoms with van der Waals surface area (Å²) in [7, 11) is 0. The lowest BCUT2D eigenvalue weighted by atomic mass is 10.3. The number of nitrogen functional groups attached to an aromatic ring is 1. The van der Waals surface area contributed by atoms with Crippen molar-refractivity contribution in [2.24, 2.45) is 0 Å². The van der Waals surface area contributed by atoms with E-state index in [1.165, 1.54) is 24.5 Å². The summed E-state index contributed by atoms with van der Waals surface area (Å²) in [4.78, 5) is 30.8. The number of amides is 1. The van der Waals surface area contributed by atoms with Crippen LogP contribution in [-0.2, 0) is 0 Å². The molecule has 2 rings (SSSR count). The molecule has 0 radical (unpaired) electrons. The molecular formula is C11H10N4O2S. The lowest BCUT2D eigenvalue weighted by molar-refractivity contribution is 0.100. The van der Waals surface area contributed by atoms with Gasteiger partial charge in [0.05, 0.1) is 5.69 Å². The average molecular weight is 262 g/mol. The van der Waals surface area contributed by atoms with Crippen molar-refractivity contribution in [1.29, 1.82) is 0 Å². The minimum atomic E-state index is -0.447. The zero-order chi connectivity index (χ0) is 13.1. The summed E-state index contributed by atoms with van der Waals surface area (Å²) in [6, 6.07) is 3.23. The van der Waals surface area contributed by atoms with E-state index in [9.17, 15) is 9.59 Å². The predicted octanol–water partition coefficient (Wildman–Crippen LogP) is 1.58. The van der Waals surface area contributed by atoms with Crippen molar-refractivity contribution in [2.45, 2.75) is 6.92 Å². The largest absolute Gasteiger partial charge is 0.397 e. The van der Waals surface area contributed by atoms with Crippen molar-refractivity contribution in [2.75, 3.05) is 11.1 Å². The minimum absolute atomic E-state index is 0.136. The Bertz CT molecular complexity index is 609. The summed E-state index contributed by atoms with van der Waals surface area (Å²) in [6.45, 7) is 1.41. The van der Waals surface area contributed by atoms with Gasteiger partial charge in [-0.2, -0.15) is 0 Å². The van der Waals surface area contributed by atoms with Crippen LogP contribution in [0.2, 0.25) is 0 Å². The standard InChI is InChI=1S/C11H10N4O2S/c1-6(16)8-5-18-11(14-8)15-10(17)9-7(12)3-2-4-13-9/h2-5H,12H2,1H3,(H,14,15,17). The second-order valence-electron chi connectivity index (χ2n) is 3.49. The SMILES string of the molecule is CC(=O)c1csc(NC(=O)c2ncccc2N)n1. The van der Waals surface area contributed by atoms with Crippen molar-refractivity contribution < 1.29 is 9.59 Å². The molecule has 0 aliphatic carbocycles. The van der Waals surface area contributed by atoms with E-state index in [4.69, 9.17) is 5.73 Å². The first kappa shape index (κ1) is 12.2. The fraction of sp³-hybridized carbons (Fsp3) is 0.0909. The number of hydrogen-bond acceptors (Lipinski definition) is 6. The Labute approximate surface area is 107 Å². The molecule has 0 atom stereocenters. The van der Waals surface area contributed by atoms with Crippen LogP contribution < -0.4 is 11.1 Å². The third kappa shape index (κ3) is 2.51. The number of aromatic nitrogens is 2. The zero-order valence-electron chi connectivity index (χ0n) is 9.51. The van der Waals surface area contributed by atoms with Gasteiger partial charge in [-0.3, -0.25) is 14.9 Å². The van der Waals surface area contributed by atoms with E-state index in [0.717, 1.165) is 0 Å². The summed E-state index contributed by atoms with van der Waals surface area (Å²) in [5.74, 6) is -0.596. The van der Waals surface area contributed by atoms with Crippen molar-refractivity contribution in [3.05, 3.63) is 35.1 Å². The Morgan fingerprint density at radius 3 is 2.83 bits per heavy atom. The number of nitrogens with two attached hydrogens (primary N) is 1. The topological polar surface area (TPSA) is 98.0 Å². The van der Waals surface area contributed by atoms with E-state index in [0.29, 0.717) is 16.5 Å². The van der Waals surface area contributed by atoms with Crippen LogP contribution >= 0.6 is 11.3 Å². The minimum Gasteiger partial charge on any atom is -0.397 e. The van der Waals surface area contributed by atoms with Gasteiger partial charge in [0.15, 0.2) is 16.6 Å². The molecule has 2 heterocycles. The molecule has 3 N–H and O–H groups in total. The van der Waals surface area contributed by atoms with E-state index in [1.54, 1.807) is 17.5 Å². The van der Waals surface area contributed by atoms with Crippen LogP contribution in [0.4, 0.5) is 10.8 Å². The third-order valence-electron chi connectivity index (χ3n) is 2.14. The van der Waals surface area contributed by atoms with Gasteiger partial charge in [0.25, 0.3) is 5.91 Å². The van der Waals surface area contributed by atoms with Gasteiger partial charge in [0, 0.05) is 18.5 Å². The lowest BCUT2D eigenvalue weighted by Gasteiger charge is -2.03. The van der Waals surface area contributed by atoms with Gasteiger partial charge in [-0.05, 0) is 12.1 Å². The van der Waals surface area contributed by atoms with Gasteiger partial charge in [-0.25, -0.2) is 9.97 Å². The highest BCUT2D eigenvalue weighted by atomic mass is 32.1. The molecule has 2 aromatic rings. The Kier molecular flexibility index (Phi) is 3.33. The Hall–Kier alpha value is -2.28. The number of pyridine rings is 1. The first-order chi connectivity index (χ1) is 8.58. The fourth-order valence-corrected chi connectivity index (χ4v) is 2.00. The van der Waals surface area contributed by atoms with Crippen molar-refractivity contribution in [3.8, 4) is 0 Å². The maximum Gasteiger partial charge on any atom is 0.278 e. The summed E-state index contributed by atoms with van der Waals surface area (Å²) in [6.07, 6.45) is 1.48. The molecule has 0 saturated carbocycles. The molecule has 0 aromatic carbocycles.